The van der Waals surface area contributed by atoms with E-state index >= 15 is 0 Å². The molecule has 0 aromatic rings. The smallest absolute Gasteiger partial charge is 0.313 e. The summed E-state index contributed by atoms with van der Waals surface area (Å²) in [5.41, 5.74) is -3.60. The van der Waals surface area contributed by atoms with Gasteiger partial charge in [-0.15, -0.1) is 0 Å². The highest BCUT2D eigenvalue weighted by Crippen LogP contribution is 2.25. The Hall–Kier alpha value is -4.17. The molecule has 290 valence electrons. The third kappa shape index (κ3) is 25.4. The van der Waals surface area contributed by atoms with Crippen molar-refractivity contribution in [1.82, 2.24) is 0 Å². The van der Waals surface area contributed by atoms with E-state index in [-0.39, 0.29) is 44.9 Å². The number of hydrogen-bond donors (Lipinski definition) is 0. The van der Waals surface area contributed by atoms with Gasteiger partial charge in [0.05, 0.1) is 24.7 Å². The first-order valence-electron chi connectivity index (χ1n) is 16.9. The summed E-state index contributed by atoms with van der Waals surface area (Å²) in [6, 6.07) is 0. The van der Waals surface area contributed by atoms with Gasteiger partial charge in [-0.25, -0.2) is 0 Å². The number of Topliss-reactive ketones (excluding diaryl/α,β-unsaturated/α-hetero) is 3. The minimum atomic E-state index is -1.26. The zero-order valence-electron chi connectivity index (χ0n) is 31.8. The third-order valence-electron chi connectivity index (χ3n) is 6.48. The Morgan fingerprint density at radius 3 is 0.804 bits per heavy atom. The van der Waals surface area contributed by atoms with E-state index in [0.717, 1.165) is 0 Å². The van der Waals surface area contributed by atoms with Gasteiger partial charge in [-0.05, 0) is 68.7 Å². The zero-order valence-corrected chi connectivity index (χ0v) is 31.8. The van der Waals surface area contributed by atoms with Crippen LogP contribution in [0.15, 0.2) is 0 Å². The van der Waals surface area contributed by atoms with E-state index in [9.17, 15) is 43.2 Å². The van der Waals surface area contributed by atoms with Gasteiger partial charge in [-0.1, -0.05) is 6.92 Å². The molecule has 0 bridgehead atoms. The maximum atomic E-state index is 12.5. The van der Waals surface area contributed by atoms with Gasteiger partial charge in [-0.2, -0.15) is 0 Å². The van der Waals surface area contributed by atoms with Crippen molar-refractivity contribution in [2.24, 2.45) is 5.41 Å². The van der Waals surface area contributed by atoms with Crippen LogP contribution in [0.4, 0.5) is 0 Å². The average molecular weight is 729 g/mol. The molecule has 0 heterocycles. The molecule has 51 heavy (non-hydrogen) atoms. The van der Waals surface area contributed by atoms with Crippen molar-refractivity contribution in [3.05, 3.63) is 0 Å². The lowest BCUT2D eigenvalue weighted by Gasteiger charge is -2.31. The largest absolute Gasteiger partial charge is 0.465 e. The number of carbonyl (C=O) groups is 9. The first-order chi connectivity index (χ1) is 23.2. The average Bonchev–Trinajstić information content (AvgIpc) is 2.94. The molecule has 0 aromatic heterocycles. The van der Waals surface area contributed by atoms with Crippen LogP contribution in [-0.4, -0.2) is 89.8 Å². The number of ketones is 3. The van der Waals surface area contributed by atoms with E-state index < -0.39 is 114 Å². The van der Waals surface area contributed by atoms with E-state index in [1.54, 1.807) is 69.2 Å². The van der Waals surface area contributed by atoms with Crippen molar-refractivity contribution in [2.45, 2.75) is 150 Å². The molecule has 0 rings (SSSR count). The summed E-state index contributed by atoms with van der Waals surface area (Å²) >= 11 is 0. The second kappa shape index (κ2) is 21.3. The summed E-state index contributed by atoms with van der Waals surface area (Å²) in [6.07, 6.45) is -3.36. The van der Waals surface area contributed by atoms with Crippen LogP contribution in [0.1, 0.15) is 133 Å². The van der Waals surface area contributed by atoms with Crippen LogP contribution in [-0.2, 0) is 71.6 Å². The highest BCUT2D eigenvalue weighted by molar-refractivity contribution is 5.98. The molecular weight excluding hydrogens is 672 g/mol. The maximum absolute atomic E-state index is 12.5. The van der Waals surface area contributed by atoms with Crippen LogP contribution in [0, 0.1) is 5.41 Å². The van der Waals surface area contributed by atoms with Crippen molar-refractivity contribution >= 4 is 53.2 Å². The molecule has 15 heteroatoms. The van der Waals surface area contributed by atoms with Crippen molar-refractivity contribution < 1.29 is 71.6 Å². The predicted molar refractivity (Wildman–Crippen MR) is 180 cm³/mol. The number of rotatable bonds is 22. The Balaban J connectivity index is 5.36. The predicted octanol–water partition coefficient (Wildman–Crippen LogP) is 4.26. The van der Waals surface area contributed by atoms with Gasteiger partial charge in [0.2, 0.25) is 0 Å². The van der Waals surface area contributed by atoms with Gasteiger partial charge in [0.15, 0.2) is 0 Å². The number of esters is 6. The second-order valence-corrected chi connectivity index (χ2v) is 15.2. The molecule has 0 radical (unpaired) electrons. The van der Waals surface area contributed by atoms with Gasteiger partial charge in [-0.3, -0.25) is 43.2 Å². The molecule has 0 N–H and O–H groups in total. The summed E-state index contributed by atoms with van der Waals surface area (Å²) in [5.74, 6) is -6.20. The third-order valence-corrected chi connectivity index (χ3v) is 6.48. The first-order valence-corrected chi connectivity index (χ1v) is 16.9. The van der Waals surface area contributed by atoms with Gasteiger partial charge in [0, 0.05) is 19.3 Å². The van der Waals surface area contributed by atoms with E-state index in [1.165, 1.54) is 0 Å². The fourth-order valence-electron chi connectivity index (χ4n) is 3.95. The standard InChI is InChI=1S/C36H56O15/c1-11-36(21-46-27(40)15-12-24(37)18-30(43)49-33(2,3)4,22-47-28(41)16-13-25(38)19-31(44)50-34(5,6)7)23-48-29(42)17-14-26(39)20-32(45)51-35(8,9)10/h11-23H2,1-10H3. The summed E-state index contributed by atoms with van der Waals surface area (Å²) in [6.45, 7) is 15.3. The molecule has 0 unspecified atom stereocenters. The molecule has 15 nitrogen and oxygen atoms in total. The monoisotopic (exact) mass is 728 g/mol. The van der Waals surface area contributed by atoms with Crippen molar-refractivity contribution in [3.8, 4) is 0 Å². The van der Waals surface area contributed by atoms with Gasteiger partial charge in [0.25, 0.3) is 0 Å². The fourth-order valence-corrected chi connectivity index (χ4v) is 3.95. The highest BCUT2D eigenvalue weighted by atomic mass is 16.6. The number of hydrogen-bond acceptors (Lipinski definition) is 15. The fraction of sp³-hybridized carbons (Fsp3) is 0.750. The number of carbonyl (C=O) groups excluding carboxylic acids is 9. The first kappa shape index (κ1) is 46.8. The maximum Gasteiger partial charge on any atom is 0.313 e. The Morgan fingerprint density at radius 1 is 0.373 bits per heavy atom. The topological polar surface area (TPSA) is 209 Å². The van der Waals surface area contributed by atoms with Crippen LogP contribution in [0.2, 0.25) is 0 Å². The molecule has 0 saturated carbocycles. The minimum Gasteiger partial charge on any atom is -0.465 e. The van der Waals surface area contributed by atoms with Gasteiger partial charge < -0.3 is 28.4 Å². The minimum absolute atomic E-state index is 0.160. The quantitative estimate of drug-likeness (QED) is 0.0867. The van der Waals surface area contributed by atoms with E-state index in [2.05, 4.69) is 0 Å². The van der Waals surface area contributed by atoms with Crippen LogP contribution in [0.3, 0.4) is 0 Å². The second-order valence-electron chi connectivity index (χ2n) is 15.2. The molecular formula is C36H56O15. The van der Waals surface area contributed by atoms with E-state index in [0.29, 0.717) is 0 Å². The molecule has 0 aromatic carbocycles. The van der Waals surface area contributed by atoms with Gasteiger partial charge in [0.1, 0.15) is 73.2 Å². The van der Waals surface area contributed by atoms with Gasteiger partial charge >= 0.3 is 35.8 Å². The van der Waals surface area contributed by atoms with Crippen molar-refractivity contribution in [3.63, 3.8) is 0 Å². The molecule has 0 aliphatic carbocycles. The Kier molecular flexibility index (Phi) is 19.5. The molecule has 0 fully saturated rings. The molecule has 0 saturated heterocycles. The lowest BCUT2D eigenvalue weighted by Crippen LogP contribution is -2.39. The Morgan fingerprint density at radius 2 is 0.608 bits per heavy atom. The van der Waals surface area contributed by atoms with E-state index in [4.69, 9.17) is 28.4 Å². The zero-order chi connectivity index (χ0) is 39.6. The molecule has 0 amide bonds. The number of ether oxygens (including phenoxy) is 6. The lowest BCUT2D eigenvalue weighted by molar-refractivity contribution is -0.165. The summed E-state index contributed by atoms with van der Waals surface area (Å²) in [5, 5.41) is 0. The Bertz CT molecular complexity index is 1110. The van der Waals surface area contributed by atoms with Crippen LogP contribution < -0.4 is 0 Å². The highest BCUT2D eigenvalue weighted by Gasteiger charge is 2.35. The van der Waals surface area contributed by atoms with Crippen LogP contribution in [0.5, 0.6) is 0 Å². The SMILES string of the molecule is CCC(COC(=O)CCC(=O)CC(=O)OC(C)(C)C)(COC(=O)CCC(=O)CC(=O)OC(C)(C)C)COC(=O)CCC(=O)CC(=O)OC(C)(C)C. The van der Waals surface area contributed by atoms with Crippen LogP contribution in [0.25, 0.3) is 0 Å². The van der Waals surface area contributed by atoms with E-state index in [1.807, 2.05) is 0 Å². The molecule has 0 atom stereocenters. The molecule has 0 aliphatic rings. The molecule has 0 spiro atoms. The molecule has 0 aliphatic heterocycles. The normalized spacial score (nSPS) is 11.9. The lowest BCUT2D eigenvalue weighted by atomic mass is 9.88. The summed E-state index contributed by atoms with van der Waals surface area (Å²) in [7, 11) is 0. The van der Waals surface area contributed by atoms with Crippen LogP contribution >= 0.6 is 0 Å². The van der Waals surface area contributed by atoms with Crippen molar-refractivity contribution in [1.29, 1.82) is 0 Å². The Labute approximate surface area is 300 Å². The van der Waals surface area contributed by atoms with Crippen molar-refractivity contribution in [2.75, 3.05) is 19.8 Å². The summed E-state index contributed by atoms with van der Waals surface area (Å²) in [4.78, 5) is 110. The summed E-state index contributed by atoms with van der Waals surface area (Å²) < 4.78 is 31.4.